The second-order valence-electron chi connectivity index (χ2n) is 6.48. The summed E-state index contributed by atoms with van der Waals surface area (Å²) in [6.07, 6.45) is 7.22. The van der Waals surface area contributed by atoms with Crippen molar-refractivity contribution in [3.05, 3.63) is 29.2 Å². The van der Waals surface area contributed by atoms with Gasteiger partial charge in [-0.3, -0.25) is 0 Å². The van der Waals surface area contributed by atoms with Crippen LogP contribution in [0.15, 0.2) is 16.5 Å². The van der Waals surface area contributed by atoms with Crippen molar-refractivity contribution in [1.82, 2.24) is 4.98 Å². The number of hydrogen-bond donors (Lipinski definition) is 1. The topological polar surface area (TPSA) is 52.0 Å². The molecule has 0 atom stereocenters. The monoisotopic (exact) mass is 272 g/mol. The van der Waals surface area contributed by atoms with Gasteiger partial charge in [0.1, 0.15) is 5.52 Å². The first-order valence-electron chi connectivity index (χ1n) is 7.69. The van der Waals surface area contributed by atoms with Crippen LogP contribution in [0.2, 0.25) is 0 Å². The van der Waals surface area contributed by atoms with E-state index >= 15 is 0 Å². The van der Waals surface area contributed by atoms with Crippen molar-refractivity contribution in [3.8, 4) is 0 Å². The SMILES string of the molecule is Cc1cc(C)c2oc(CC3(CN)CCCCC3)nc2c1. The second-order valence-corrected chi connectivity index (χ2v) is 6.48. The van der Waals surface area contributed by atoms with Gasteiger partial charge in [0.05, 0.1) is 0 Å². The molecule has 2 N–H and O–H groups in total. The minimum atomic E-state index is 0.210. The van der Waals surface area contributed by atoms with E-state index < -0.39 is 0 Å². The van der Waals surface area contributed by atoms with Crippen molar-refractivity contribution in [2.45, 2.75) is 52.4 Å². The van der Waals surface area contributed by atoms with Crippen LogP contribution in [0.25, 0.3) is 11.1 Å². The highest BCUT2D eigenvalue weighted by molar-refractivity contribution is 5.77. The summed E-state index contributed by atoms with van der Waals surface area (Å²) in [6, 6.07) is 4.25. The number of benzene rings is 1. The summed E-state index contributed by atoms with van der Waals surface area (Å²) in [7, 11) is 0. The number of nitrogens with zero attached hydrogens (tertiary/aromatic N) is 1. The molecule has 1 aliphatic carbocycles. The Morgan fingerprint density at radius 3 is 2.65 bits per heavy atom. The summed E-state index contributed by atoms with van der Waals surface area (Å²) < 4.78 is 6.02. The van der Waals surface area contributed by atoms with E-state index in [0.29, 0.717) is 0 Å². The van der Waals surface area contributed by atoms with E-state index in [9.17, 15) is 0 Å². The number of fused-ring (bicyclic) bond motifs is 1. The fourth-order valence-corrected chi connectivity index (χ4v) is 3.57. The van der Waals surface area contributed by atoms with Gasteiger partial charge < -0.3 is 10.2 Å². The average Bonchev–Trinajstić information content (AvgIpc) is 2.82. The van der Waals surface area contributed by atoms with Crippen LogP contribution >= 0.6 is 0 Å². The van der Waals surface area contributed by atoms with Crippen molar-refractivity contribution in [3.63, 3.8) is 0 Å². The fourth-order valence-electron chi connectivity index (χ4n) is 3.57. The van der Waals surface area contributed by atoms with Crippen LogP contribution in [-0.4, -0.2) is 11.5 Å². The molecule has 0 unspecified atom stereocenters. The summed E-state index contributed by atoms with van der Waals surface area (Å²) >= 11 is 0. The maximum absolute atomic E-state index is 6.06. The molecule has 0 spiro atoms. The molecule has 20 heavy (non-hydrogen) atoms. The Hall–Kier alpha value is -1.35. The van der Waals surface area contributed by atoms with Gasteiger partial charge in [0, 0.05) is 6.42 Å². The Labute approximate surface area is 120 Å². The summed E-state index contributed by atoms with van der Waals surface area (Å²) in [5.41, 5.74) is 10.6. The van der Waals surface area contributed by atoms with Crippen LogP contribution in [0.1, 0.15) is 49.1 Å². The zero-order chi connectivity index (χ0) is 14.2. The quantitative estimate of drug-likeness (QED) is 0.922. The number of aromatic nitrogens is 1. The van der Waals surface area contributed by atoms with Gasteiger partial charge in [-0.2, -0.15) is 0 Å². The Kier molecular flexibility index (Phi) is 3.55. The van der Waals surface area contributed by atoms with Crippen LogP contribution in [0, 0.1) is 19.3 Å². The van der Waals surface area contributed by atoms with E-state index in [2.05, 4.69) is 26.0 Å². The summed E-state index contributed by atoms with van der Waals surface area (Å²) in [6.45, 7) is 4.93. The van der Waals surface area contributed by atoms with Gasteiger partial charge in [-0.15, -0.1) is 0 Å². The van der Waals surface area contributed by atoms with Crippen LogP contribution in [0.3, 0.4) is 0 Å². The molecule has 0 saturated heterocycles. The third-order valence-corrected chi connectivity index (χ3v) is 4.74. The van der Waals surface area contributed by atoms with E-state index in [4.69, 9.17) is 15.1 Å². The lowest BCUT2D eigenvalue weighted by atomic mass is 9.72. The van der Waals surface area contributed by atoms with Crippen molar-refractivity contribution in [2.75, 3.05) is 6.54 Å². The van der Waals surface area contributed by atoms with E-state index in [0.717, 1.165) is 30.0 Å². The maximum Gasteiger partial charge on any atom is 0.196 e. The molecule has 2 aromatic rings. The van der Waals surface area contributed by atoms with Gasteiger partial charge in [-0.25, -0.2) is 4.98 Å². The van der Waals surface area contributed by atoms with Crippen LogP contribution in [-0.2, 0) is 6.42 Å². The maximum atomic E-state index is 6.06. The van der Waals surface area contributed by atoms with Gasteiger partial charge >= 0.3 is 0 Å². The number of aryl methyl sites for hydroxylation is 2. The zero-order valence-corrected chi connectivity index (χ0v) is 12.5. The molecule has 0 amide bonds. The van der Waals surface area contributed by atoms with Gasteiger partial charge in [-0.05, 0) is 55.8 Å². The predicted octanol–water partition coefficient (Wildman–Crippen LogP) is 3.90. The van der Waals surface area contributed by atoms with Crippen molar-refractivity contribution in [2.24, 2.45) is 11.1 Å². The smallest absolute Gasteiger partial charge is 0.196 e. The van der Waals surface area contributed by atoms with Crippen molar-refractivity contribution in [1.29, 1.82) is 0 Å². The number of rotatable bonds is 3. The van der Waals surface area contributed by atoms with Crippen LogP contribution in [0.4, 0.5) is 0 Å². The fraction of sp³-hybridized carbons (Fsp3) is 0.588. The second kappa shape index (κ2) is 5.21. The lowest BCUT2D eigenvalue weighted by molar-refractivity contribution is 0.184. The lowest BCUT2D eigenvalue weighted by Crippen LogP contribution is -2.35. The molecule has 0 bridgehead atoms. The molecule has 108 valence electrons. The molecule has 3 nitrogen and oxygen atoms in total. The third kappa shape index (κ3) is 2.47. The normalized spacial score (nSPS) is 18.6. The highest BCUT2D eigenvalue weighted by atomic mass is 16.3. The molecule has 1 heterocycles. The Morgan fingerprint density at radius 2 is 1.95 bits per heavy atom. The Bertz CT molecular complexity index is 609. The first-order valence-corrected chi connectivity index (χ1v) is 7.69. The van der Waals surface area contributed by atoms with Crippen LogP contribution in [0.5, 0.6) is 0 Å². The molecule has 3 heteroatoms. The van der Waals surface area contributed by atoms with Crippen molar-refractivity contribution < 1.29 is 4.42 Å². The Balaban J connectivity index is 1.92. The van der Waals surface area contributed by atoms with Gasteiger partial charge in [-0.1, -0.05) is 25.3 Å². The number of oxazole rings is 1. The van der Waals surface area contributed by atoms with Crippen molar-refractivity contribution >= 4 is 11.1 Å². The van der Waals surface area contributed by atoms with Crippen LogP contribution < -0.4 is 5.73 Å². The summed E-state index contributed by atoms with van der Waals surface area (Å²) in [4.78, 5) is 4.70. The molecule has 3 rings (SSSR count). The molecule has 1 fully saturated rings. The lowest BCUT2D eigenvalue weighted by Gasteiger charge is -2.35. The molecule has 1 aromatic heterocycles. The first-order chi connectivity index (χ1) is 9.62. The van der Waals surface area contributed by atoms with Gasteiger partial charge in [0.15, 0.2) is 11.5 Å². The largest absolute Gasteiger partial charge is 0.440 e. The standard InChI is InChI=1S/C17H24N2O/c1-12-8-13(2)16-14(9-12)19-15(20-16)10-17(11-18)6-4-3-5-7-17/h8-9H,3-7,10-11,18H2,1-2H3. The molecule has 1 aliphatic rings. The summed E-state index contributed by atoms with van der Waals surface area (Å²) in [5.74, 6) is 0.862. The third-order valence-electron chi connectivity index (χ3n) is 4.74. The van der Waals surface area contributed by atoms with Gasteiger partial charge in [0.2, 0.25) is 0 Å². The highest BCUT2D eigenvalue weighted by Crippen LogP contribution is 2.38. The number of hydrogen-bond acceptors (Lipinski definition) is 3. The summed E-state index contributed by atoms with van der Waals surface area (Å²) in [5, 5.41) is 0. The minimum absolute atomic E-state index is 0.210. The van der Waals surface area contributed by atoms with Gasteiger partial charge in [0.25, 0.3) is 0 Å². The van der Waals surface area contributed by atoms with E-state index in [-0.39, 0.29) is 5.41 Å². The molecular formula is C17H24N2O. The Morgan fingerprint density at radius 1 is 1.20 bits per heavy atom. The van der Waals surface area contributed by atoms with E-state index in [1.807, 2.05) is 0 Å². The average molecular weight is 272 g/mol. The molecule has 1 saturated carbocycles. The molecule has 1 aromatic carbocycles. The minimum Gasteiger partial charge on any atom is -0.440 e. The molecule has 0 aliphatic heterocycles. The molecule has 0 radical (unpaired) electrons. The number of nitrogens with two attached hydrogens (primary N) is 1. The zero-order valence-electron chi connectivity index (χ0n) is 12.5. The first kappa shape index (κ1) is 13.6. The molecular weight excluding hydrogens is 248 g/mol. The van der Waals surface area contributed by atoms with E-state index in [1.165, 1.54) is 43.2 Å². The predicted molar refractivity (Wildman–Crippen MR) is 81.8 cm³/mol. The highest BCUT2D eigenvalue weighted by Gasteiger charge is 2.32. The van der Waals surface area contributed by atoms with E-state index in [1.54, 1.807) is 0 Å².